The van der Waals surface area contributed by atoms with E-state index in [2.05, 4.69) is 19.6 Å². The van der Waals surface area contributed by atoms with E-state index in [0.29, 0.717) is 13.2 Å². The van der Waals surface area contributed by atoms with Crippen LogP contribution in [0.4, 0.5) is 11.4 Å². The van der Waals surface area contributed by atoms with Crippen LogP contribution in [0.25, 0.3) is 22.0 Å². The molecule has 1 spiro atoms. The fraction of sp³-hybridized carbons (Fsp3) is 0.483. The molecule has 3 aromatic rings. The minimum Gasteiger partial charge on any atom is -0.476 e. The first-order valence-electron chi connectivity index (χ1n) is 13.9. The van der Waals surface area contributed by atoms with Crippen LogP contribution in [-0.2, 0) is 20.2 Å². The molecule has 1 unspecified atom stereocenters. The third kappa shape index (κ3) is 4.90. The summed E-state index contributed by atoms with van der Waals surface area (Å²) in [7, 11) is -1.76. The molecule has 2 fully saturated rings. The molecular formula is C29H35N5O5S. The maximum Gasteiger partial charge on any atom is 0.238 e. The quantitative estimate of drug-likeness (QED) is 0.399. The van der Waals surface area contributed by atoms with Crippen LogP contribution in [0.15, 0.2) is 36.7 Å². The molecule has 3 aliphatic rings. The van der Waals surface area contributed by atoms with Crippen LogP contribution < -0.4 is 14.4 Å². The number of likely N-dealkylation sites (tertiary alicyclic amines) is 1. The maximum absolute atomic E-state index is 13.2. The number of amides is 1. The Bertz CT molecular complexity index is 1570. The largest absolute Gasteiger partial charge is 0.476 e. The molecule has 0 radical (unpaired) electrons. The number of likely N-dealkylation sites (N-methyl/N-ethyl adjacent to an activating group) is 1. The van der Waals surface area contributed by atoms with Gasteiger partial charge in [0.2, 0.25) is 21.8 Å². The number of rotatable bonds is 8. The molecule has 2 aromatic heterocycles. The lowest BCUT2D eigenvalue weighted by Crippen LogP contribution is -2.43. The maximum atomic E-state index is 13.2. The van der Waals surface area contributed by atoms with Crippen molar-refractivity contribution in [1.29, 1.82) is 0 Å². The fourth-order valence-electron chi connectivity index (χ4n) is 6.34. The Balaban J connectivity index is 1.28. The second kappa shape index (κ2) is 10.3. The third-order valence-corrected chi connectivity index (χ3v) is 9.02. The summed E-state index contributed by atoms with van der Waals surface area (Å²) in [5.74, 6) is 0.351. The van der Waals surface area contributed by atoms with Gasteiger partial charge in [0, 0.05) is 42.8 Å². The number of ether oxygens (including phenoxy) is 1. The minimum atomic E-state index is -3.58. The van der Waals surface area contributed by atoms with E-state index in [-0.39, 0.29) is 23.6 Å². The molecule has 1 aromatic carbocycles. The highest BCUT2D eigenvalue weighted by atomic mass is 32.2. The van der Waals surface area contributed by atoms with Crippen LogP contribution in [0, 0.1) is 0 Å². The molecular weight excluding hydrogens is 530 g/mol. The van der Waals surface area contributed by atoms with Gasteiger partial charge in [0.05, 0.1) is 41.8 Å². The SMILES string of the molecule is CN1C(=O)C2(CCC2)c2c1cnc1ccc(-c3cnc(OCCCN4CCCC(O)C4)c(NS(C)(=O)=O)c3)cc21. The van der Waals surface area contributed by atoms with Crippen molar-refractivity contribution in [3.63, 3.8) is 0 Å². The van der Waals surface area contributed by atoms with Crippen molar-refractivity contribution in [2.45, 2.75) is 50.0 Å². The Morgan fingerprint density at radius 1 is 1.15 bits per heavy atom. The predicted molar refractivity (Wildman–Crippen MR) is 154 cm³/mol. The number of aromatic nitrogens is 2. The van der Waals surface area contributed by atoms with Crippen LogP contribution >= 0.6 is 0 Å². The second-order valence-corrected chi connectivity index (χ2v) is 13.0. The van der Waals surface area contributed by atoms with Crippen LogP contribution in [-0.4, -0.2) is 79.9 Å². The van der Waals surface area contributed by atoms with Gasteiger partial charge in [-0.25, -0.2) is 13.4 Å². The standard InChI is InChI=1S/C29H35N5O5S/c1-33-25-17-30-23-8-7-19(14-22(23)26(25)29(28(33)36)9-4-10-29)20-15-24(32-40(2,37)38)27(31-16-20)39-13-5-12-34-11-3-6-21(35)18-34/h7-8,14-17,21,32,35H,3-6,9-13,18H2,1-2H3. The van der Waals surface area contributed by atoms with E-state index in [1.807, 2.05) is 25.2 Å². The van der Waals surface area contributed by atoms with Gasteiger partial charge in [-0.15, -0.1) is 0 Å². The summed E-state index contributed by atoms with van der Waals surface area (Å²) in [4.78, 5) is 26.2. The number of nitrogens with one attached hydrogen (secondary N) is 1. The van der Waals surface area contributed by atoms with Crippen molar-refractivity contribution < 1.29 is 23.1 Å². The van der Waals surface area contributed by atoms with Gasteiger partial charge in [0.15, 0.2) is 0 Å². The Labute approximate surface area is 234 Å². The molecule has 40 heavy (non-hydrogen) atoms. The number of piperidine rings is 1. The molecule has 1 saturated heterocycles. The number of hydrogen-bond donors (Lipinski definition) is 2. The number of β-amino-alcohol motifs (C(OH)–C–C–N with tert-alkyl or cyclic N) is 1. The van der Waals surface area contributed by atoms with Gasteiger partial charge in [0.25, 0.3) is 0 Å². The summed E-state index contributed by atoms with van der Waals surface area (Å²) in [6.45, 7) is 2.79. The fourth-order valence-corrected chi connectivity index (χ4v) is 6.89. The smallest absolute Gasteiger partial charge is 0.238 e. The summed E-state index contributed by atoms with van der Waals surface area (Å²) >= 11 is 0. The highest BCUT2D eigenvalue weighted by Gasteiger charge is 2.54. The summed E-state index contributed by atoms with van der Waals surface area (Å²) in [6.07, 6.45) is 9.53. The van der Waals surface area contributed by atoms with Gasteiger partial charge in [0.1, 0.15) is 5.69 Å². The average Bonchev–Trinajstić information content (AvgIpc) is 3.13. The van der Waals surface area contributed by atoms with Gasteiger partial charge in [-0.1, -0.05) is 12.5 Å². The molecule has 6 rings (SSSR count). The number of pyridine rings is 2. The van der Waals surface area contributed by atoms with Crippen molar-refractivity contribution in [2.75, 3.05) is 49.2 Å². The van der Waals surface area contributed by atoms with E-state index in [1.54, 1.807) is 23.4 Å². The lowest BCUT2D eigenvalue weighted by molar-refractivity contribution is -0.125. The molecule has 212 valence electrons. The van der Waals surface area contributed by atoms with Crippen molar-refractivity contribution in [2.24, 2.45) is 0 Å². The zero-order chi connectivity index (χ0) is 28.1. The monoisotopic (exact) mass is 565 g/mol. The number of carbonyl (C=O) groups excluding carboxylic acids is 1. The van der Waals surface area contributed by atoms with Crippen molar-refractivity contribution in [3.05, 3.63) is 42.2 Å². The Morgan fingerprint density at radius 2 is 1.98 bits per heavy atom. The van der Waals surface area contributed by atoms with Crippen molar-refractivity contribution in [3.8, 4) is 17.0 Å². The van der Waals surface area contributed by atoms with E-state index >= 15 is 0 Å². The lowest BCUT2D eigenvalue weighted by Gasteiger charge is -2.37. The van der Waals surface area contributed by atoms with E-state index in [4.69, 9.17) is 4.74 Å². The first kappa shape index (κ1) is 26.9. The molecule has 2 aliphatic heterocycles. The van der Waals surface area contributed by atoms with Gasteiger partial charge in [-0.2, -0.15) is 0 Å². The molecule has 1 amide bonds. The lowest BCUT2D eigenvalue weighted by atomic mass is 9.64. The minimum absolute atomic E-state index is 0.132. The summed E-state index contributed by atoms with van der Waals surface area (Å²) in [5.41, 5.74) is 4.08. The second-order valence-electron chi connectivity index (χ2n) is 11.3. The predicted octanol–water partition coefficient (Wildman–Crippen LogP) is 3.29. The van der Waals surface area contributed by atoms with E-state index in [0.717, 1.165) is 91.2 Å². The number of fused-ring (bicyclic) bond motifs is 4. The van der Waals surface area contributed by atoms with Crippen LogP contribution in [0.3, 0.4) is 0 Å². The zero-order valence-electron chi connectivity index (χ0n) is 22.9. The topological polar surface area (TPSA) is 125 Å². The highest BCUT2D eigenvalue weighted by Crippen LogP contribution is 2.55. The number of benzene rings is 1. The number of sulfonamides is 1. The average molecular weight is 566 g/mol. The zero-order valence-corrected chi connectivity index (χ0v) is 23.7. The Morgan fingerprint density at radius 3 is 2.70 bits per heavy atom. The highest BCUT2D eigenvalue weighted by molar-refractivity contribution is 7.92. The van der Waals surface area contributed by atoms with Gasteiger partial charge in [-0.05, 0) is 62.4 Å². The van der Waals surface area contributed by atoms with Gasteiger partial charge < -0.3 is 19.6 Å². The number of nitrogens with zero attached hydrogens (tertiary/aromatic N) is 4. The summed E-state index contributed by atoms with van der Waals surface area (Å²) in [5, 5.41) is 10.8. The number of aliphatic hydroxyl groups is 1. The first-order valence-corrected chi connectivity index (χ1v) is 15.8. The number of carbonyl (C=O) groups is 1. The van der Waals surface area contributed by atoms with Crippen molar-refractivity contribution in [1.82, 2.24) is 14.9 Å². The molecule has 1 saturated carbocycles. The normalized spacial score (nSPS) is 20.5. The van der Waals surface area contributed by atoms with E-state index in [1.165, 1.54) is 0 Å². The first-order chi connectivity index (χ1) is 19.1. The Kier molecular flexibility index (Phi) is 6.92. The number of aliphatic hydroxyl groups excluding tert-OH is 1. The van der Waals surface area contributed by atoms with Crippen LogP contribution in [0.2, 0.25) is 0 Å². The third-order valence-electron chi connectivity index (χ3n) is 8.43. The molecule has 0 bridgehead atoms. The molecule has 4 heterocycles. The Hall–Kier alpha value is -3.28. The summed E-state index contributed by atoms with van der Waals surface area (Å²) in [6, 6.07) is 7.64. The molecule has 1 atom stereocenters. The van der Waals surface area contributed by atoms with Gasteiger partial charge >= 0.3 is 0 Å². The summed E-state index contributed by atoms with van der Waals surface area (Å²) < 4.78 is 32.8. The molecule has 11 heteroatoms. The molecule has 2 N–H and O–H groups in total. The van der Waals surface area contributed by atoms with Crippen LogP contribution in [0.5, 0.6) is 5.88 Å². The van der Waals surface area contributed by atoms with E-state index < -0.39 is 15.4 Å². The van der Waals surface area contributed by atoms with Crippen molar-refractivity contribution >= 4 is 38.2 Å². The van der Waals surface area contributed by atoms with Crippen LogP contribution in [0.1, 0.15) is 44.1 Å². The number of anilines is 2. The van der Waals surface area contributed by atoms with E-state index in [9.17, 15) is 18.3 Å². The number of hydrogen-bond acceptors (Lipinski definition) is 8. The van der Waals surface area contributed by atoms with Gasteiger partial charge in [-0.3, -0.25) is 14.5 Å². The molecule has 1 aliphatic carbocycles. The molecule has 10 nitrogen and oxygen atoms in total.